The summed E-state index contributed by atoms with van der Waals surface area (Å²) in [5.74, 6) is 2.49. The molecule has 3 nitrogen and oxygen atoms in total. The quantitative estimate of drug-likeness (QED) is 0.682. The van der Waals surface area contributed by atoms with Crippen LogP contribution in [0.3, 0.4) is 0 Å². The second kappa shape index (κ2) is 5.41. The van der Waals surface area contributed by atoms with Crippen molar-refractivity contribution in [1.82, 2.24) is 9.55 Å². The minimum absolute atomic E-state index is 0.124. The Kier molecular flexibility index (Phi) is 3.37. The Hall–Kier alpha value is -2.29. The third-order valence-electron chi connectivity index (χ3n) is 4.75. The first-order chi connectivity index (χ1) is 11.1. The Labute approximate surface area is 136 Å². The van der Waals surface area contributed by atoms with Crippen LogP contribution < -0.4 is 4.74 Å². The number of hydrogen-bond donors (Lipinski definition) is 0. The van der Waals surface area contributed by atoms with Gasteiger partial charge in [-0.1, -0.05) is 50.2 Å². The monoisotopic (exact) mass is 306 g/mol. The molecular formula is C20H22N2O. The molecule has 1 unspecified atom stereocenters. The molecule has 0 N–H and O–H groups in total. The lowest BCUT2D eigenvalue weighted by Crippen LogP contribution is -2.15. The first kappa shape index (κ1) is 14.3. The fourth-order valence-corrected chi connectivity index (χ4v) is 3.53. The van der Waals surface area contributed by atoms with E-state index in [1.54, 1.807) is 0 Å². The van der Waals surface area contributed by atoms with Gasteiger partial charge in [-0.3, -0.25) is 0 Å². The molecule has 0 spiro atoms. The molecule has 0 aliphatic carbocycles. The molecule has 0 bridgehead atoms. The Morgan fingerprint density at radius 1 is 1.13 bits per heavy atom. The number of aromatic nitrogens is 2. The summed E-state index contributed by atoms with van der Waals surface area (Å²) < 4.78 is 8.59. The van der Waals surface area contributed by atoms with Gasteiger partial charge in [0.2, 0.25) is 0 Å². The van der Waals surface area contributed by atoms with Crippen molar-refractivity contribution in [1.29, 1.82) is 0 Å². The molecule has 1 aromatic heterocycles. The molecule has 1 aliphatic rings. The van der Waals surface area contributed by atoms with Gasteiger partial charge in [-0.2, -0.15) is 0 Å². The molecule has 3 heteroatoms. The molecule has 2 heterocycles. The lowest BCUT2D eigenvalue weighted by Gasteiger charge is -2.26. The maximum Gasteiger partial charge on any atom is 0.151 e. The van der Waals surface area contributed by atoms with E-state index in [2.05, 4.69) is 61.9 Å². The lowest BCUT2D eigenvalue weighted by atomic mass is 9.97. The predicted molar refractivity (Wildman–Crippen MR) is 92.9 cm³/mol. The van der Waals surface area contributed by atoms with E-state index in [4.69, 9.17) is 9.72 Å². The average molecular weight is 306 g/mol. The van der Waals surface area contributed by atoms with Crippen LogP contribution in [0.4, 0.5) is 0 Å². The number of aryl methyl sites for hydroxylation is 2. The van der Waals surface area contributed by atoms with E-state index >= 15 is 0 Å². The third kappa shape index (κ3) is 2.31. The summed E-state index contributed by atoms with van der Waals surface area (Å²) >= 11 is 0. The topological polar surface area (TPSA) is 27.1 Å². The predicted octanol–water partition coefficient (Wildman–Crippen LogP) is 4.76. The number of fused-ring (bicyclic) bond motifs is 3. The summed E-state index contributed by atoms with van der Waals surface area (Å²) in [5, 5.41) is 0. The molecule has 118 valence electrons. The van der Waals surface area contributed by atoms with Crippen molar-refractivity contribution in [2.75, 3.05) is 0 Å². The average Bonchev–Trinajstić information content (AvgIpc) is 2.93. The highest BCUT2D eigenvalue weighted by molar-refractivity contribution is 5.84. The molecule has 3 aromatic rings. The van der Waals surface area contributed by atoms with E-state index in [1.165, 1.54) is 11.1 Å². The van der Waals surface area contributed by atoms with Crippen molar-refractivity contribution < 1.29 is 4.74 Å². The number of ether oxygens (including phenoxy) is 1. The van der Waals surface area contributed by atoms with Gasteiger partial charge in [0, 0.05) is 13.0 Å². The zero-order valence-corrected chi connectivity index (χ0v) is 13.9. The van der Waals surface area contributed by atoms with Gasteiger partial charge < -0.3 is 9.30 Å². The van der Waals surface area contributed by atoms with Crippen LogP contribution in [0.2, 0.25) is 0 Å². The van der Waals surface area contributed by atoms with Crippen LogP contribution in [0.25, 0.3) is 11.0 Å². The number of rotatable bonds is 2. The van der Waals surface area contributed by atoms with Crippen LogP contribution in [-0.4, -0.2) is 9.55 Å². The zero-order chi connectivity index (χ0) is 16.0. The van der Waals surface area contributed by atoms with E-state index < -0.39 is 0 Å². The van der Waals surface area contributed by atoms with E-state index in [0.717, 1.165) is 35.4 Å². The third-order valence-corrected chi connectivity index (χ3v) is 4.75. The normalized spacial score (nSPS) is 17.3. The maximum atomic E-state index is 6.40. The second-order valence-corrected chi connectivity index (χ2v) is 6.66. The second-order valence-electron chi connectivity index (χ2n) is 6.66. The van der Waals surface area contributed by atoms with Crippen LogP contribution in [0.1, 0.15) is 49.2 Å². The highest BCUT2D eigenvalue weighted by atomic mass is 16.5. The molecule has 0 radical (unpaired) electrons. The van der Waals surface area contributed by atoms with Crippen LogP contribution in [-0.2, 0) is 13.5 Å². The number of benzene rings is 2. The van der Waals surface area contributed by atoms with Gasteiger partial charge in [0.1, 0.15) is 17.4 Å². The summed E-state index contributed by atoms with van der Waals surface area (Å²) in [4.78, 5) is 4.89. The SMILES string of the molecule is CC(C)c1nc2c3c(ccc2n1C)CCC(c1ccccc1)O3. The minimum Gasteiger partial charge on any atom is -0.483 e. The van der Waals surface area contributed by atoms with Crippen LogP contribution in [0, 0.1) is 0 Å². The van der Waals surface area contributed by atoms with Gasteiger partial charge in [0.05, 0.1) is 5.52 Å². The van der Waals surface area contributed by atoms with Crippen molar-refractivity contribution >= 4 is 11.0 Å². The molecule has 1 atom stereocenters. The van der Waals surface area contributed by atoms with Gasteiger partial charge in [-0.15, -0.1) is 0 Å². The molecule has 2 aromatic carbocycles. The van der Waals surface area contributed by atoms with Crippen molar-refractivity contribution in [3.05, 3.63) is 59.4 Å². The van der Waals surface area contributed by atoms with Gasteiger partial charge in [0.25, 0.3) is 0 Å². The molecule has 0 saturated carbocycles. The summed E-state index contributed by atoms with van der Waals surface area (Å²) in [6.45, 7) is 4.36. The Morgan fingerprint density at radius 3 is 2.65 bits per heavy atom. The Balaban J connectivity index is 1.81. The van der Waals surface area contributed by atoms with Crippen molar-refractivity contribution in [2.24, 2.45) is 7.05 Å². The largest absolute Gasteiger partial charge is 0.483 e. The van der Waals surface area contributed by atoms with E-state index in [0.29, 0.717) is 5.92 Å². The fourth-order valence-electron chi connectivity index (χ4n) is 3.53. The number of nitrogens with zero attached hydrogens (tertiary/aromatic N) is 2. The van der Waals surface area contributed by atoms with Gasteiger partial charge in [0.15, 0.2) is 5.75 Å². The molecule has 0 amide bonds. The number of hydrogen-bond acceptors (Lipinski definition) is 2. The first-order valence-electron chi connectivity index (χ1n) is 8.35. The molecule has 0 saturated heterocycles. The van der Waals surface area contributed by atoms with Crippen molar-refractivity contribution in [3.63, 3.8) is 0 Å². The number of imidazole rings is 1. The molecule has 1 aliphatic heterocycles. The van der Waals surface area contributed by atoms with Gasteiger partial charge in [-0.25, -0.2) is 4.98 Å². The molecule has 23 heavy (non-hydrogen) atoms. The fraction of sp³-hybridized carbons (Fsp3) is 0.350. The lowest BCUT2D eigenvalue weighted by molar-refractivity contribution is 0.179. The standard InChI is InChI=1S/C20H22N2O/c1-13(2)20-21-18-16(22(20)3)11-9-15-10-12-17(23-19(15)18)14-7-5-4-6-8-14/h4-9,11,13,17H,10,12H2,1-3H3. The summed E-state index contributed by atoms with van der Waals surface area (Å²) in [6, 6.07) is 14.9. The highest BCUT2D eigenvalue weighted by Gasteiger charge is 2.25. The van der Waals surface area contributed by atoms with Gasteiger partial charge in [-0.05, 0) is 30.0 Å². The van der Waals surface area contributed by atoms with Crippen LogP contribution >= 0.6 is 0 Å². The maximum absolute atomic E-state index is 6.40. The first-order valence-corrected chi connectivity index (χ1v) is 8.35. The summed E-state index contributed by atoms with van der Waals surface area (Å²) in [6.07, 6.45) is 2.18. The molecule has 4 rings (SSSR count). The van der Waals surface area contributed by atoms with Gasteiger partial charge >= 0.3 is 0 Å². The smallest absolute Gasteiger partial charge is 0.151 e. The highest BCUT2D eigenvalue weighted by Crippen LogP contribution is 2.40. The zero-order valence-electron chi connectivity index (χ0n) is 13.9. The van der Waals surface area contributed by atoms with E-state index in [1.807, 2.05) is 6.07 Å². The Bertz CT molecular complexity index is 849. The van der Waals surface area contributed by atoms with Crippen LogP contribution in [0.15, 0.2) is 42.5 Å². The van der Waals surface area contributed by atoms with E-state index in [9.17, 15) is 0 Å². The van der Waals surface area contributed by atoms with E-state index in [-0.39, 0.29) is 6.10 Å². The minimum atomic E-state index is 0.124. The molecular weight excluding hydrogens is 284 g/mol. The molecule has 0 fully saturated rings. The van der Waals surface area contributed by atoms with Crippen LogP contribution in [0.5, 0.6) is 5.75 Å². The van der Waals surface area contributed by atoms with Crippen molar-refractivity contribution in [2.45, 2.75) is 38.7 Å². The summed E-state index contributed by atoms with van der Waals surface area (Å²) in [7, 11) is 2.09. The van der Waals surface area contributed by atoms with Crippen molar-refractivity contribution in [3.8, 4) is 5.75 Å². The Morgan fingerprint density at radius 2 is 1.91 bits per heavy atom. The summed E-state index contributed by atoms with van der Waals surface area (Å²) in [5.41, 5.74) is 4.68.